The van der Waals surface area contributed by atoms with Gasteiger partial charge in [0.05, 0.1) is 6.20 Å². The fraction of sp³-hybridized carbons (Fsp3) is 0.571. The molecule has 0 radical (unpaired) electrons. The largest absolute Gasteiger partial charge is 0.233 e. The van der Waals surface area contributed by atoms with Crippen LogP contribution in [0.15, 0.2) is 12.3 Å². The minimum Gasteiger partial charge on any atom is -0.233 e. The van der Waals surface area contributed by atoms with Crippen LogP contribution >= 0.6 is 11.6 Å². The smallest absolute Gasteiger partial charge is 0.159 e. The first kappa shape index (κ1) is 12.0. The number of rotatable bonds is 2. The van der Waals surface area contributed by atoms with Crippen molar-refractivity contribution < 1.29 is 0 Å². The predicted octanol–water partition coefficient (Wildman–Crippen LogP) is 3.81. The molecule has 3 rings (SSSR count). The van der Waals surface area contributed by atoms with Gasteiger partial charge in [0.25, 0.3) is 0 Å². The van der Waals surface area contributed by atoms with Gasteiger partial charge in [-0.05, 0) is 25.3 Å². The molecule has 0 unspecified atom stereocenters. The lowest BCUT2D eigenvalue weighted by Crippen LogP contribution is -2.11. The Balaban J connectivity index is 1.89. The number of hydrogen-bond donors (Lipinski definition) is 0. The molecule has 0 amide bonds. The molecule has 0 aliphatic heterocycles. The summed E-state index contributed by atoms with van der Waals surface area (Å²) in [5.41, 5.74) is 3.10. The number of halogens is 1. The summed E-state index contributed by atoms with van der Waals surface area (Å²) >= 11 is 6.25. The predicted molar refractivity (Wildman–Crippen MR) is 73.0 cm³/mol. The van der Waals surface area contributed by atoms with Gasteiger partial charge < -0.3 is 0 Å². The molecule has 1 aliphatic carbocycles. The van der Waals surface area contributed by atoms with Crippen molar-refractivity contribution in [2.24, 2.45) is 5.92 Å². The standard InChI is InChI=1S/C14H18ClN3/c1-10-9-16-18-13(15)8-12(17-14(10)18)7-11-5-3-2-4-6-11/h8-9,11H,2-7H2,1H3. The SMILES string of the molecule is Cc1cnn2c(Cl)cc(CC3CCCCC3)nc12. The first-order valence-corrected chi connectivity index (χ1v) is 7.11. The Morgan fingerprint density at radius 1 is 1.33 bits per heavy atom. The van der Waals surface area contributed by atoms with E-state index in [1.54, 1.807) is 4.52 Å². The van der Waals surface area contributed by atoms with Crippen LogP contribution in [0.2, 0.25) is 5.15 Å². The lowest BCUT2D eigenvalue weighted by atomic mass is 9.86. The summed E-state index contributed by atoms with van der Waals surface area (Å²) in [5, 5.41) is 4.89. The van der Waals surface area contributed by atoms with Crippen LogP contribution in [-0.2, 0) is 6.42 Å². The van der Waals surface area contributed by atoms with Crippen molar-refractivity contribution in [1.82, 2.24) is 14.6 Å². The molecular formula is C14H18ClN3. The summed E-state index contributed by atoms with van der Waals surface area (Å²) in [4.78, 5) is 4.71. The molecule has 0 saturated heterocycles. The molecule has 96 valence electrons. The topological polar surface area (TPSA) is 30.2 Å². The van der Waals surface area contributed by atoms with Crippen molar-refractivity contribution in [2.45, 2.75) is 45.4 Å². The van der Waals surface area contributed by atoms with E-state index in [-0.39, 0.29) is 0 Å². The molecule has 2 aromatic heterocycles. The van der Waals surface area contributed by atoms with Gasteiger partial charge in [0.2, 0.25) is 0 Å². The Hall–Kier alpha value is -1.09. The van der Waals surface area contributed by atoms with Crippen molar-refractivity contribution in [2.75, 3.05) is 0 Å². The van der Waals surface area contributed by atoms with Crippen LogP contribution in [0.1, 0.15) is 43.4 Å². The summed E-state index contributed by atoms with van der Waals surface area (Å²) in [7, 11) is 0. The number of aromatic nitrogens is 3. The van der Waals surface area contributed by atoms with Crippen molar-refractivity contribution in [1.29, 1.82) is 0 Å². The first-order valence-electron chi connectivity index (χ1n) is 6.74. The molecule has 2 heterocycles. The fourth-order valence-corrected chi connectivity index (χ4v) is 3.12. The van der Waals surface area contributed by atoms with E-state index < -0.39 is 0 Å². The van der Waals surface area contributed by atoms with Crippen LogP contribution < -0.4 is 0 Å². The molecule has 18 heavy (non-hydrogen) atoms. The highest BCUT2D eigenvalue weighted by Crippen LogP contribution is 2.27. The monoisotopic (exact) mass is 263 g/mol. The van der Waals surface area contributed by atoms with Crippen LogP contribution in [0.3, 0.4) is 0 Å². The van der Waals surface area contributed by atoms with E-state index >= 15 is 0 Å². The molecule has 0 N–H and O–H groups in total. The zero-order valence-electron chi connectivity index (χ0n) is 10.7. The van der Waals surface area contributed by atoms with Crippen LogP contribution in [0.25, 0.3) is 5.65 Å². The van der Waals surface area contributed by atoms with Crippen molar-refractivity contribution in [3.05, 3.63) is 28.7 Å². The van der Waals surface area contributed by atoms with Crippen LogP contribution in [0, 0.1) is 12.8 Å². The summed E-state index contributed by atoms with van der Waals surface area (Å²) in [6.07, 6.45) is 9.68. The number of aryl methyl sites for hydroxylation is 1. The van der Waals surface area contributed by atoms with E-state index in [9.17, 15) is 0 Å². The summed E-state index contributed by atoms with van der Waals surface area (Å²) in [6.45, 7) is 2.02. The Morgan fingerprint density at radius 2 is 2.11 bits per heavy atom. The molecule has 0 bridgehead atoms. The van der Waals surface area contributed by atoms with Gasteiger partial charge in [0, 0.05) is 11.3 Å². The number of fused-ring (bicyclic) bond motifs is 1. The second kappa shape index (κ2) is 4.88. The molecule has 0 spiro atoms. The lowest BCUT2D eigenvalue weighted by Gasteiger charge is -2.21. The van der Waals surface area contributed by atoms with E-state index in [0.717, 1.165) is 29.2 Å². The third-order valence-electron chi connectivity index (χ3n) is 3.88. The van der Waals surface area contributed by atoms with E-state index in [1.807, 2.05) is 19.2 Å². The Morgan fingerprint density at radius 3 is 2.89 bits per heavy atom. The molecule has 1 fully saturated rings. The molecule has 2 aromatic rings. The maximum absolute atomic E-state index is 6.25. The Kier molecular flexibility index (Phi) is 3.25. The van der Waals surface area contributed by atoms with E-state index in [4.69, 9.17) is 16.6 Å². The van der Waals surface area contributed by atoms with Crippen molar-refractivity contribution in [3.63, 3.8) is 0 Å². The van der Waals surface area contributed by atoms with Gasteiger partial charge in [-0.2, -0.15) is 5.10 Å². The van der Waals surface area contributed by atoms with Crippen LogP contribution in [0.5, 0.6) is 0 Å². The Bertz CT molecular complexity index is 555. The van der Waals surface area contributed by atoms with Crippen LogP contribution in [-0.4, -0.2) is 14.6 Å². The van der Waals surface area contributed by atoms with Crippen LogP contribution in [0.4, 0.5) is 0 Å². The van der Waals surface area contributed by atoms with E-state index in [0.29, 0.717) is 5.15 Å². The highest BCUT2D eigenvalue weighted by molar-refractivity contribution is 6.29. The quantitative estimate of drug-likeness (QED) is 0.771. The minimum atomic E-state index is 0.666. The van der Waals surface area contributed by atoms with Gasteiger partial charge in [0.1, 0.15) is 5.15 Å². The third-order valence-corrected chi connectivity index (χ3v) is 4.15. The average molecular weight is 264 g/mol. The highest BCUT2D eigenvalue weighted by Gasteiger charge is 2.16. The summed E-state index contributed by atoms with van der Waals surface area (Å²) < 4.78 is 1.71. The van der Waals surface area contributed by atoms with Crippen molar-refractivity contribution in [3.8, 4) is 0 Å². The maximum atomic E-state index is 6.25. The van der Waals surface area contributed by atoms with Gasteiger partial charge in [-0.15, -0.1) is 0 Å². The molecule has 0 aromatic carbocycles. The van der Waals surface area contributed by atoms with E-state index in [1.165, 1.54) is 32.1 Å². The molecule has 1 saturated carbocycles. The summed E-state index contributed by atoms with van der Waals surface area (Å²) in [6, 6.07) is 1.97. The van der Waals surface area contributed by atoms with Crippen molar-refractivity contribution >= 4 is 17.2 Å². The van der Waals surface area contributed by atoms with Gasteiger partial charge >= 0.3 is 0 Å². The zero-order chi connectivity index (χ0) is 12.5. The average Bonchev–Trinajstić information content (AvgIpc) is 2.73. The van der Waals surface area contributed by atoms with Gasteiger partial charge in [-0.25, -0.2) is 9.50 Å². The van der Waals surface area contributed by atoms with Gasteiger partial charge in [0.15, 0.2) is 5.65 Å². The molecule has 1 aliphatic rings. The maximum Gasteiger partial charge on any atom is 0.159 e. The second-order valence-corrected chi connectivity index (χ2v) is 5.73. The third kappa shape index (κ3) is 2.24. The first-order chi connectivity index (χ1) is 8.74. The molecule has 0 atom stereocenters. The molecule has 3 nitrogen and oxygen atoms in total. The molecular weight excluding hydrogens is 246 g/mol. The Labute approximate surface area is 112 Å². The van der Waals surface area contributed by atoms with Gasteiger partial charge in [-0.3, -0.25) is 0 Å². The number of nitrogens with zero attached hydrogens (tertiary/aromatic N) is 3. The normalized spacial score (nSPS) is 17.4. The second-order valence-electron chi connectivity index (χ2n) is 5.34. The van der Waals surface area contributed by atoms with E-state index in [2.05, 4.69) is 5.10 Å². The minimum absolute atomic E-state index is 0.666. The highest BCUT2D eigenvalue weighted by atomic mass is 35.5. The van der Waals surface area contributed by atoms with Gasteiger partial charge in [-0.1, -0.05) is 43.7 Å². The zero-order valence-corrected chi connectivity index (χ0v) is 11.5. The summed E-state index contributed by atoms with van der Waals surface area (Å²) in [5.74, 6) is 0.785. The fourth-order valence-electron chi connectivity index (χ4n) is 2.87. The lowest BCUT2D eigenvalue weighted by molar-refractivity contribution is 0.354. The number of hydrogen-bond acceptors (Lipinski definition) is 2. The molecule has 4 heteroatoms.